The molecule has 0 aliphatic carbocycles. The van der Waals surface area contributed by atoms with Crippen LogP contribution >= 0.6 is 27.5 Å². The van der Waals surface area contributed by atoms with Gasteiger partial charge in [0.2, 0.25) is 0 Å². The number of anilines is 2. The Kier molecular flexibility index (Phi) is 4.83. The first-order valence-corrected chi connectivity index (χ1v) is 10.2. The molecule has 2 saturated heterocycles. The fourth-order valence-electron chi connectivity index (χ4n) is 4.05. The molecule has 6 nitrogen and oxygen atoms in total. The standard InChI is InChI=1S/C20H20BrClN4O2/c1-24(2)17-11-15(10-16(22)23-17)26-18(27)20(8-3-9-25(20)19(26)28)12-13-4-6-14(21)7-5-13/h4-7,10-11H,3,8-9,12H2,1-2H3. The van der Waals surface area contributed by atoms with Crippen molar-refractivity contribution < 1.29 is 9.59 Å². The number of rotatable bonds is 4. The molecule has 1 atom stereocenters. The van der Waals surface area contributed by atoms with E-state index >= 15 is 0 Å². The number of imide groups is 1. The van der Waals surface area contributed by atoms with Crippen molar-refractivity contribution >= 4 is 51.0 Å². The molecule has 1 aromatic carbocycles. The average molecular weight is 464 g/mol. The summed E-state index contributed by atoms with van der Waals surface area (Å²) in [4.78, 5) is 35.8. The van der Waals surface area contributed by atoms with Crippen LogP contribution in [0.4, 0.5) is 16.3 Å². The number of carbonyl (C=O) groups excluding carboxylic acids is 2. The molecule has 0 spiro atoms. The van der Waals surface area contributed by atoms with E-state index in [1.165, 1.54) is 4.90 Å². The molecule has 146 valence electrons. The van der Waals surface area contributed by atoms with Crippen LogP contribution in [0.5, 0.6) is 0 Å². The summed E-state index contributed by atoms with van der Waals surface area (Å²) in [5.41, 5.74) is 0.655. The number of nitrogens with zero attached hydrogens (tertiary/aromatic N) is 4. The predicted molar refractivity (Wildman–Crippen MR) is 113 cm³/mol. The zero-order valence-corrected chi connectivity index (χ0v) is 18.0. The summed E-state index contributed by atoms with van der Waals surface area (Å²) < 4.78 is 0.982. The molecule has 1 unspecified atom stereocenters. The number of benzene rings is 1. The lowest BCUT2D eigenvalue weighted by Crippen LogP contribution is -2.47. The number of hydrogen-bond acceptors (Lipinski definition) is 4. The van der Waals surface area contributed by atoms with Crippen molar-refractivity contribution in [2.45, 2.75) is 24.8 Å². The molecule has 28 heavy (non-hydrogen) atoms. The number of aromatic nitrogens is 1. The van der Waals surface area contributed by atoms with Gasteiger partial charge in [0.05, 0.1) is 5.69 Å². The van der Waals surface area contributed by atoms with Gasteiger partial charge in [-0.2, -0.15) is 0 Å². The molecule has 2 aliphatic rings. The van der Waals surface area contributed by atoms with Crippen LogP contribution in [-0.4, -0.2) is 48.0 Å². The fraction of sp³-hybridized carbons (Fsp3) is 0.350. The Balaban J connectivity index is 1.73. The van der Waals surface area contributed by atoms with Crippen LogP contribution in [-0.2, 0) is 11.2 Å². The van der Waals surface area contributed by atoms with E-state index in [9.17, 15) is 9.59 Å². The Bertz CT molecular complexity index is 950. The number of urea groups is 1. The molecular weight excluding hydrogens is 444 g/mol. The third-order valence-corrected chi connectivity index (χ3v) is 6.13. The molecule has 0 bridgehead atoms. The van der Waals surface area contributed by atoms with Crippen molar-refractivity contribution in [2.24, 2.45) is 0 Å². The number of amides is 3. The van der Waals surface area contributed by atoms with Crippen LogP contribution in [0.3, 0.4) is 0 Å². The molecule has 0 N–H and O–H groups in total. The smallest absolute Gasteiger partial charge is 0.332 e. The minimum absolute atomic E-state index is 0.190. The SMILES string of the molecule is CN(C)c1cc(N2C(=O)N3CCCC3(Cc3ccc(Br)cc3)C2=O)cc(Cl)n1. The Hall–Kier alpha value is -2.12. The first-order chi connectivity index (χ1) is 13.3. The summed E-state index contributed by atoms with van der Waals surface area (Å²) in [7, 11) is 3.67. The van der Waals surface area contributed by atoms with Crippen LogP contribution < -0.4 is 9.80 Å². The molecule has 2 aromatic rings. The molecule has 3 heterocycles. The van der Waals surface area contributed by atoms with Crippen molar-refractivity contribution in [2.75, 3.05) is 30.4 Å². The van der Waals surface area contributed by atoms with E-state index in [-0.39, 0.29) is 17.1 Å². The molecule has 0 saturated carbocycles. The lowest BCUT2D eigenvalue weighted by Gasteiger charge is -2.28. The maximum Gasteiger partial charge on any atom is 0.332 e. The maximum atomic E-state index is 13.6. The van der Waals surface area contributed by atoms with Crippen molar-refractivity contribution in [3.63, 3.8) is 0 Å². The summed E-state index contributed by atoms with van der Waals surface area (Å²) in [6.07, 6.45) is 1.98. The summed E-state index contributed by atoms with van der Waals surface area (Å²) in [5, 5.41) is 0.246. The van der Waals surface area contributed by atoms with Crippen molar-refractivity contribution in [3.05, 3.63) is 51.6 Å². The van der Waals surface area contributed by atoms with Crippen LogP contribution in [0.15, 0.2) is 40.9 Å². The van der Waals surface area contributed by atoms with Crippen LogP contribution in [0.2, 0.25) is 5.15 Å². The third kappa shape index (κ3) is 3.06. The first kappa shape index (κ1) is 19.2. The van der Waals surface area contributed by atoms with E-state index in [1.54, 1.807) is 21.9 Å². The fourth-order valence-corrected chi connectivity index (χ4v) is 4.51. The van der Waals surface area contributed by atoms with Gasteiger partial charge < -0.3 is 9.80 Å². The van der Waals surface area contributed by atoms with Gasteiger partial charge >= 0.3 is 6.03 Å². The van der Waals surface area contributed by atoms with Crippen molar-refractivity contribution in [1.82, 2.24) is 9.88 Å². The zero-order chi connectivity index (χ0) is 20.1. The Morgan fingerprint density at radius 2 is 1.93 bits per heavy atom. The van der Waals surface area contributed by atoms with Gasteiger partial charge in [0, 0.05) is 37.6 Å². The summed E-state index contributed by atoms with van der Waals surface area (Å²) in [6, 6.07) is 10.9. The van der Waals surface area contributed by atoms with Gasteiger partial charge in [0.15, 0.2) is 0 Å². The first-order valence-electron chi connectivity index (χ1n) is 9.07. The second-order valence-corrected chi connectivity index (χ2v) is 8.72. The van der Waals surface area contributed by atoms with E-state index in [1.807, 2.05) is 38.4 Å². The molecule has 0 radical (unpaired) electrons. The van der Waals surface area contributed by atoms with Gasteiger partial charge in [0.1, 0.15) is 16.5 Å². The zero-order valence-electron chi connectivity index (χ0n) is 15.7. The number of carbonyl (C=O) groups is 2. The lowest BCUT2D eigenvalue weighted by molar-refractivity contribution is -0.123. The average Bonchev–Trinajstić information content (AvgIpc) is 3.15. The summed E-state index contributed by atoms with van der Waals surface area (Å²) in [6.45, 7) is 0.580. The van der Waals surface area contributed by atoms with Gasteiger partial charge in [-0.05, 0) is 36.6 Å². The van der Waals surface area contributed by atoms with Crippen LogP contribution in [0, 0.1) is 0 Å². The van der Waals surface area contributed by atoms with Gasteiger partial charge in [0.25, 0.3) is 5.91 Å². The van der Waals surface area contributed by atoms with Crippen LogP contribution in [0.25, 0.3) is 0 Å². The monoisotopic (exact) mass is 462 g/mol. The lowest BCUT2D eigenvalue weighted by atomic mass is 9.88. The number of fused-ring (bicyclic) bond motifs is 1. The van der Waals surface area contributed by atoms with E-state index in [0.29, 0.717) is 30.9 Å². The second-order valence-electron chi connectivity index (χ2n) is 7.41. The highest BCUT2D eigenvalue weighted by Crippen LogP contribution is 2.42. The quantitative estimate of drug-likeness (QED) is 0.506. The minimum Gasteiger partial charge on any atom is -0.363 e. The highest BCUT2D eigenvalue weighted by molar-refractivity contribution is 9.10. The topological polar surface area (TPSA) is 56.8 Å². The number of pyridine rings is 1. The molecule has 4 rings (SSSR count). The Morgan fingerprint density at radius 1 is 1.21 bits per heavy atom. The van der Waals surface area contributed by atoms with Crippen molar-refractivity contribution in [3.8, 4) is 0 Å². The van der Waals surface area contributed by atoms with Gasteiger partial charge in [-0.25, -0.2) is 14.7 Å². The van der Waals surface area contributed by atoms with Gasteiger partial charge in [-0.1, -0.05) is 39.7 Å². The van der Waals surface area contributed by atoms with Gasteiger partial charge in [-0.3, -0.25) is 4.79 Å². The van der Waals surface area contributed by atoms with E-state index < -0.39 is 5.54 Å². The van der Waals surface area contributed by atoms with Crippen molar-refractivity contribution in [1.29, 1.82) is 0 Å². The Morgan fingerprint density at radius 3 is 2.61 bits per heavy atom. The maximum absolute atomic E-state index is 13.6. The largest absolute Gasteiger partial charge is 0.363 e. The van der Waals surface area contributed by atoms with E-state index in [2.05, 4.69) is 20.9 Å². The molecule has 2 fully saturated rings. The van der Waals surface area contributed by atoms with E-state index in [4.69, 9.17) is 11.6 Å². The molecule has 3 amide bonds. The van der Waals surface area contributed by atoms with Gasteiger partial charge in [-0.15, -0.1) is 0 Å². The predicted octanol–water partition coefficient (Wildman–Crippen LogP) is 4.11. The second kappa shape index (κ2) is 7.04. The molecule has 1 aromatic heterocycles. The highest BCUT2D eigenvalue weighted by atomic mass is 79.9. The molecule has 8 heteroatoms. The number of halogens is 2. The third-order valence-electron chi connectivity index (χ3n) is 5.40. The molecule has 2 aliphatic heterocycles. The Labute approximate surface area is 177 Å². The highest BCUT2D eigenvalue weighted by Gasteiger charge is 2.59. The summed E-state index contributed by atoms with van der Waals surface area (Å²) in [5.74, 6) is 0.405. The van der Waals surface area contributed by atoms with E-state index in [0.717, 1.165) is 16.5 Å². The van der Waals surface area contributed by atoms with Crippen LogP contribution in [0.1, 0.15) is 18.4 Å². The number of hydrogen-bond donors (Lipinski definition) is 0. The minimum atomic E-state index is -0.834. The normalized spacial score (nSPS) is 21.4. The molecular formula is C20H20BrClN4O2. The summed E-state index contributed by atoms with van der Waals surface area (Å²) >= 11 is 9.60.